The minimum atomic E-state index is -1.08. The lowest BCUT2D eigenvalue weighted by molar-refractivity contribution is -0.146. The lowest BCUT2D eigenvalue weighted by Gasteiger charge is -2.21. The first-order valence-electron chi connectivity index (χ1n) is 6.65. The molecule has 6 heteroatoms. The average molecular weight is 293 g/mol. The van der Waals surface area contributed by atoms with Crippen LogP contribution in [0.2, 0.25) is 0 Å². The zero-order valence-corrected chi connectivity index (χ0v) is 12.2. The van der Waals surface area contributed by atoms with Crippen molar-refractivity contribution in [1.82, 2.24) is 4.90 Å². The molecule has 1 aromatic rings. The van der Waals surface area contributed by atoms with E-state index in [2.05, 4.69) is 4.74 Å². The van der Waals surface area contributed by atoms with Crippen molar-refractivity contribution in [1.29, 1.82) is 0 Å². The third-order valence-electron chi connectivity index (χ3n) is 2.98. The van der Waals surface area contributed by atoms with Crippen LogP contribution in [-0.2, 0) is 20.7 Å². The molecule has 0 radical (unpaired) electrons. The number of benzene rings is 1. The van der Waals surface area contributed by atoms with Crippen LogP contribution in [0.4, 0.5) is 0 Å². The van der Waals surface area contributed by atoms with Gasteiger partial charge in [-0.1, -0.05) is 25.1 Å². The molecule has 1 aromatic carbocycles. The van der Waals surface area contributed by atoms with Crippen molar-refractivity contribution in [3.8, 4) is 0 Å². The highest BCUT2D eigenvalue weighted by Gasteiger charge is 2.19. The highest BCUT2D eigenvalue weighted by molar-refractivity contribution is 5.92. The Morgan fingerprint density at radius 3 is 2.48 bits per heavy atom. The fourth-order valence-electron chi connectivity index (χ4n) is 1.94. The smallest absolute Gasteiger partial charge is 0.335 e. The highest BCUT2D eigenvalue weighted by atomic mass is 16.5. The third kappa shape index (κ3) is 4.91. The molecule has 1 amide bonds. The molecular formula is C15H19NO5. The topological polar surface area (TPSA) is 83.9 Å². The third-order valence-corrected chi connectivity index (χ3v) is 2.98. The zero-order chi connectivity index (χ0) is 15.8. The predicted molar refractivity (Wildman–Crippen MR) is 76.0 cm³/mol. The van der Waals surface area contributed by atoms with Crippen molar-refractivity contribution in [2.24, 2.45) is 0 Å². The van der Waals surface area contributed by atoms with Crippen LogP contribution in [0.15, 0.2) is 24.3 Å². The molecule has 0 saturated heterocycles. The van der Waals surface area contributed by atoms with E-state index in [0.29, 0.717) is 18.5 Å². The van der Waals surface area contributed by atoms with Gasteiger partial charge in [-0.15, -0.1) is 0 Å². The molecule has 6 nitrogen and oxygen atoms in total. The monoisotopic (exact) mass is 293 g/mol. The standard InChI is InChI=1S/C15H19NO5/c1-3-8-16(10-14(18)21-2)13(17)9-11-6-4-5-7-12(11)15(19)20/h4-7H,3,8-10H2,1-2H3,(H,19,20). The van der Waals surface area contributed by atoms with Crippen LogP contribution in [0.25, 0.3) is 0 Å². The van der Waals surface area contributed by atoms with Gasteiger partial charge in [0.1, 0.15) is 6.54 Å². The summed E-state index contributed by atoms with van der Waals surface area (Å²) in [6, 6.07) is 6.34. The number of carbonyl (C=O) groups excluding carboxylic acids is 2. The number of carboxylic acid groups (broad SMARTS) is 1. The maximum Gasteiger partial charge on any atom is 0.335 e. The van der Waals surface area contributed by atoms with E-state index in [4.69, 9.17) is 5.11 Å². The van der Waals surface area contributed by atoms with Crippen LogP contribution in [0.1, 0.15) is 29.3 Å². The second kappa shape index (κ2) is 8.04. The minimum absolute atomic E-state index is 0.0561. The van der Waals surface area contributed by atoms with Crippen molar-refractivity contribution in [3.63, 3.8) is 0 Å². The molecular weight excluding hydrogens is 274 g/mol. The second-order valence-electron chi connectivity index (χ2n) is 4.53. The Morgan fingerprint density at radius 1 is 1.24 bits per heavy atom. The Labute approximate surface area is 123 Å². The van der Waals surface area contributed by atoms with Crippen molar-refractivity contribution in [3.05, 3.63) is 35.4 Å². The van der Waals surface area contributed by atoms with E-state index < -0.39 is 11.9 Å². The minimum Gasteiger partial charge on any atom is -0.478 e. The Kier molecular flexibility index (Phi) is 6.39. The van der Waals surface area contributed by atoms with E-state index in [1.807, 2.05) is 6.92 Å². The van der Waals surface area contributed by atoms with Gasteiger partial charge >= 0.3 is 11.9 Å². The number of carbonyl (C=O) groups is 3. The number of rotatable bonds is 7. The number of esters is 1. The molecule has 0 heterocycles. The van der Waals surface area contributed by atoms with Gasteiger partial charge in [0.2, 0.25) is 5.91 Å². The van der Waals surface area contributed by atoms with E-state index in [9.17, 15) is 14.4 Å². The van der Waals surface area contributed by atoms with Crippen LogP contribution in [0.3, 0.4) is 0 Å². The first-order valence-corrected chi connectivity index (χ1v) is 6.65. The molecule has 21 heavy (non-hydrogen) atoms. The fraction of sp³-hybridized carbons (Fsp3) is 0.400. The maximum atomic E-state index is 12.3. The van der Waals surface area contributed by atoms with Gasteiger partial charge in [-0.3, -0.25) is 9.59 Å². The summed E-state index contributed by atoms with van der Waals surface area (Å²) in [5, 5.41) is 9.10. The summed E-state index contributed by atoms with van der Waals surface area (Å²) in [6.45, 7) is 2.18. The van der Waals surface area contributed by atoms with E-state index in [1.165, 1.54) is 18.1 Å². The molecule has 0 aliphatic rings. The van der Waals surface area contributed by atoms with Crippen LogP contribution >= 0.6 is 0 Å². The number of methoxy groups -OCH3 is 1. The molecule has 0 unspecified atom stereocenters. The summed E-state index contributed by atoms with van der Waals surface area (Å²) < 4.78 is 4.56. The van der Waals surface area contributed by atoms with E-state index in [1.54, 1.807) is 18.2 Å². The summed E-state index contributed by atoms with van der Waals surface area (Å²) in [4.78, 5) is 36.1. The summed E-state index contributed by atoms with van der Waals surface area (Å²) in [5.74, 6) is -1.87. The summed E-state index contributed by atoms with van der Waals surface area (Å²) in [5.41, 5.74) is 0.529. The van der Waals surface area contributed by atoms with Crippen LogP contribution in [0, 0.1) is 0 Å². The van der Waals surface area contributed by atoms with Gasteiger partial charge in [0.15, 0.2) is 0 Å². The Bertz CT molecular complexity index is 527. The average Bonchev–Trinajstić information content (AvgIpc) is 2.46. The fourth-order valence-corrected chi connectivity index (χ4v) is 1.94. The zero-order valence-electron chi connectivity index (χ0n) is 12.2. The van der Waals surface area contributed by atoms with Crippen molar-refractivity contribution < 1.29 is 24.2 Å². The van der Waals surface area contributed by atoms with Crippen molar-refractivity contribution >= 4 is 17.8 Å². The van der Waals surface area contributed by atoms with Gasteiger partial charge in [0.05, 0.1) is 19.1 Å². The normalized spacial score (nSPS) is 10.0. The molecule has 0 fully saturated rings. The van der Waals surface area contributed by atoms with Crippen LogP contribution in [-0.4, -0.2) is 48.1 Å². The molecule has 0 saturated carbocycles. The van der Waals surface area contributed by atoms with E-state index >= 15 is 0 Å². The van der Waals surface area contributed by atoms with E-state index in [0.717, 1.165) is 0 Å². The second-order valence-corrected chi connectivity index (χ2v) is 4.53. The molecule has 1 N–H and O–H groups in total. The van der Waals surface area contributed by atoms with Gasteiger partial charge in [0, 0.05) is 6.54 Å². The van der Waals surface area contributed by atoms with E-state index in [-0.39, 0.29) is 24.4 Å². The van der Waals surface area contributed by atoms with Gasteiger partial charge in [-0.25, -0.2) is 4.79 Å². The molecule has 1 rings (SSSR count). The van der Waals surface area contributed by atoms with Crippen molar-refractivity contribution in [2.45, 2.75) is 19.8 Å². The summed E-state index contributed by atoms with van der Waals surface area (Å²) in [6.07, 6.45) is 0.642. The molecule has 0 aromatic heterocycles. The predicted octanol–water partition coefficient (Wildman–Crippen LogP) is 1.34. The number of hydrogen-bond acceptors (Lipinski definition) is 4. The molecule has 0 bridgehead atoms. The lowest BCUT2D eigenvalue weighted by atomic mass is 10.0. The molecule has 114 valence electrons. The van der Waals surface area contributed by atoms with Gasteiger partial charge < -0.3 is 14.7 Å². The Balaban J connectivity index is 2.86. The Hall–Kier alpha value is -2.37. The molecule has 0 aliphatic heterocycles. The van der Waals surface area contributed by atoms with Gasteiger partial charge in [0.25, 0.3) is 0 Å². The molecule has 0 aliphatic carbocycles. The van der Waals surface area contributed by atoms with Crippen molar-refractivity contribution in [2.75, 3.05) is 20.2 Å². The quantitative estimate of drug-likeness (QED) is 0.767. The van der Waals surface area contributed by atoms with Crippen LogP contribution in [0.5, 0.6) is 0 Å². The first kappa shape index (κ1) is 16.7. The summed E-state index contributed by atoms with van der Waals surface area (Å²) >= 11 is 0. The van der Waals surface area contributed by atoms with Gasteiger partial charge in [-0.2, -0.15) is 0 Å². The van der Waals surface area contributed by atoms with Crippen LogP contribution < -0.4 is 0 Å². The summed E-state index contributed by atoms with van der Waals surface area (Å²) in [7, 11) is 1.26. The number of amides is 1. The Morgan fingerprint density at radius 2 is 1.90 bits per heavy atom. The molecule has 0 spiro atoms. The number of carboxylic acids is 1. The maximum absolute atomic E-state index is 12.3. The van der Waals surface area contributed by atoms with Gasteiger partial charge in [-0.05, 0) is 18.1 Å². The number of hydrogen-bond donors (Lipinski definition) is 1. The lowest BCUT2D eigenvalue weighted by Crippen LogP contribution is -2.38. The number of nitrogens with zero attached hydrogens (tertiary/aromatic N) is 1. The SMILES string of the molecule is CCCN(CC(=O)OC)C(=O)Cc1ccccc1C(=O)O. The highest BCUT2D eigenvalue weighted by Crippen LogP contribution is 2.11. The molecule has 0 atom stereocenters. The number of ether oxygens (including phenoxy) is 1. The first-order chi connectivity index (χ1) is 9.99. The largest absolute Gasteiger partial charge is 0.478 e. The number of aromatic carboxylic acids is 1.